The molecule has 0 fully saturated rings. The molecule has 2 aromatic rings. The fraction of sp³-hybridized carbons (Fsp3) is 0.364. The summed E-state index contributed by atoms with van der Waals surface area (Å²) in [5, 5.41) is 16.8. The van der Waals surface area contributed by atoms with Gasteiger partial charge in [-0.2, -0.15) is 5.26 Å². The van der Waals surface area contributed by atoms with Crippen LogP contribution in [0.1, 0.15) is 19.4 Å². The topological polar surface area (TPSA) is 54.5 Å². The lowest BCUT2D eigenvalue weighted by molar-refractivity contribution is 0.482. The molecule has 5 heteroatoms. The van der Waals surface area contributed by atoms with Crippen molar-refractivity contribution >= 4 is 11.0 Å². The molecule has 2 rings (SSSR count). The number of fused-ring (bicyclic) bond motifs is 1. The van der Waals surface area contributed by atoms with E-state index in [1.165, 1.54) is 12.1 Å². The van der Waals surface area contributed by atoms with Gasteiger partial charge in [-0.25, -0.2) is 9.07 Å². The average molecular weight is 218 g/mol. The Morgan fingerprint density at radius 1 is 1.50 bits per heavy atom. The summed E-state index contributed by atoms with van der Waals surface area (Å²) in [5.41, 5.74) is 1.05. The molecule has 0 aliphatic carbocycles. The number of aromatic nitrogens is 3. The van der Waals surface area contributed by atoms with Crippen LogP contribution in [0.2, 0.25) is 0 Å². The molecular formula is C11H11FN4. The Hall–Kier alpha value is -1.96. The van der Waals surface area contributed by atoms with E-state index in [9.17, 15) is 4.39 Å². The van der Waals surface area contributed by atoms with Gasteiger partial charge in [-0.1, -0.05) is 19.1 Å². The zero-order chi connectivity index (χ0) is 11.7. The quantitative estimate of drug-likeness (QED) is 0.775. The molecule has 0 saturated carbocycles. The predicted molar refractivity (Wildman–Crippen MR) is 57.0 cm³/mol. The summed E-state index contributed by atoms with van der Waals surface area (Å²) >= 11 is 0. The number of hydrogen-bond donors (Lipinski definition) is 0. The Morgan fingerprint density at radius 3 is 2.88 bits per heavy atom. The van der Waals surface area contributed by atoms with Crippen molar-refractivity contribution in [3.63, 3.8) is 0 Å². The van der Waals surface area contributed by atoms with Crippen LogP contribution in [0.3, 0.4) is 0 Å². The highest BCUT2D eigenvalue weighted by atomic mass is 19.1. The summed E-state index contributed by atoms with van der Waals surface area (Å²) in [5.74, 6) is -0.165. The molecule has 0 aliphatic heterocycles. The van der Waals surface area contributed by atoms with Gasteiger partial charge in [0.2, 0.25) is 0 Å². The van der Waals surface area contributed by atoms with Crippen molar-refractivity contribution in [2.24, 2.45) is 5.92 Å². The lowest BCUT2D eigenvalue weighted by Crippen LogP contribution is -2.07. The lowest BCUT2D eigenvalue weighted by Gasteiger charge is -2.05. The standard InChI is InChI=1S/C11H11FN4/c1-7(2)6-16-11-8(5-13)9(12)3-4-10(11)14-15-16/h3-4,7H,6H2,1-2H3. The Balaban J connectivity index is 2.69. The zero-order valence-electron chi connectivity index (χ0n) is 9.11. The maximum atomic E-state index is 13.4. The van der Waals surface area contributed by atoms with Crippen LogP contribution in [-0.4, -0.2) is 15.0 Å². The first-order valence-corrected chi connectivity index (χ1v) is 5.05. The molecule has 16 heavy (non-hydrogen) atoms. The summed E-state index contributed by atoms with van der Waals surface area (Å²) in [6.45, 7) is 4.67. The molecule has 0 aliphatic rings. The highest BCUT2D eigenvalue weighted by Crippen LogP contribution is 2.19. The number of halogens is 1. The minimum Gasteiger partial charge on any atom is -0.243 e. The van der Waals surface area contributed by atoms with Crippen LogP contribution in [0.25, 0.3) is 11.0 Å². The van der Waals surface area contributed by atoms with Crippen LogP contribution < -0.4 is 0 Å². The maximum Gasteiger partial charge on any atom is 0.143 e. The van der Waals surface area contributed by atoms with E-state index < -0.39 is 5.82 Å². The zero-order valence-corrected chi connectivity index (χ0v) is 9.11. The van der Waals surface area contributed by atoms with Gasteiger partial charge in [-0.3, -0.25) is 0 Å². The average Bonchev–Trinajstić information content (AvgIpc) is 2.61. The molecule has 1 aromatic carbocycles. The molecule has 0 unspecified atom stereocenters. The largest absolute Gasteiger partial charge is 0.243 e. The van der Waals surface area contributed by atoms with E-state index in [-0.39, 0.29) is 5.56 Å². The number of nitriles is 1. The molecule has 0 spiro atoms. The highest BCUT2D eigenvalue weighted by Gasteiger charge is 2.14. The Bertz CT molecular complexity index is 565. The molecule has 1 heterocycles. The first-order chi connectivity index (χ1) is 7.63. The van der Waals surface area contributed by atoms with Crippen molar-refractivity contribution < 1.29 is 4.39 Å². The Morgan fingerprint density at radius 2 is 2.25 bits per heavy atom. The molecule has 0 radical (unpaired) electrons. The molecule has 82 valence electrons. The van der Waals surface area contributed by atoms with Crippen LogP contribution in [0.5, 0.6) is 0 Å². The summed E-state index contributed by atoms with van der Waals surface area (Å²) < 4.78 is 15.0. The normalized spacial score (nSPS) is 10.9. The third-order valence-electron chi connectivity index (χ3n) is 2.27. The maximum absolute atomic E-state index is 13.4. The number of hydrogen-bond acceptors (Lipinski definition) is 3. The van der Waals surface area contributed by atoms with Gasteiger partial charge in [-0.15, -0.1) is 5.10 Å². The Kier molecular flexibility index (Phi) is 2.57. The van der Waals surface area contributed by atoms with E-state index in [1.807, 2.05) is 19.9 Å². The van der Waals surface area contributed by atoms with Crippen LogP contribution in [-0.2, 0) is 6.54 Å². The molecule has 0 atom stereocenters. The summed E-state index contributed by atoms with van der Waals surface area (Å²) in [7, 11) is 0. The van der Waals surface area contributed by atoms with Gasteiger partial charge in [0.05, 0.1) is 0 Å². The van der Waals surface area contributed by atoms with Gasteiger partial charge < -0.3 is 0 Å². The number of benzene rings is 1. The van der Waals surface area contributed by atoms with Gasteiger partial charge >= 0.3 is 0 Å². The van der Waals surface area contributed by atoms with Gasteiger partial charge in [0.1, 0.15) is 28.5 Å². The molecule has 4 nitrogen and oxygen atoms in total. The fourth-order valence-electron chi connectivity index (χ4n) is 1.62. The SMILES string of the molecule is CC(C)Cn1nnc2ccc(F)c(C#N)c21. The monoisotopic (exact) mass is 218 g/mol. The molecule has 0 amide bonds. The van der Waals surface area contributed by atoms with E-state index in [4.69, 9.17) is 5.26 Å². The second-order valence-corrected chi connectivity index (χ2v) is 4.07. The van der Waals surface area contributed by atoms with Crippen molar-refractivity contribution in [3.05, 3.63) is 23.5 Å². The van der Waals surface area contributed by atoms with Gasteiger partial charge in [0.25, 0.3) is 0 Å². The molecule has 0 bridgehead atoms. The van der Waals surface area contributed by atoms with E-state index in [0.29, 0.717) is 23.5 Å². The van der Waals surface area contributed by atoms with Crippen LogP contribution in [0, 0.1) is 23.1 Å². The minimum atomic E-state index is -0.526. The van der Waals surface area contributed by atoms with Gasteiger partial charge in [-0.05, 0) is 18.1 Å². The predicted octanol–water partition coefficient (Wildman–Crippen LogP) is 2.10. The van der Waals surface area contributed by atoms with Gasteiger partial charge in [0.15, 0.2) is 0 Å². The van der Waals surface area contributed by atoms with Crippen molar-refractivity contribution in [3.8, 4) is 6.07 Å². The minimum absolute atomic E-state index is 0.0168. The van der Waals surface area contributed by atoms with Crippen molar-refractivity contribution in [1.29, 1.82) is 5.26 Å². The molecular weight excluding hydrogens is 207 g/mol. The smallest absolute Gasteiger partial charge is 0.143 e. The lowest BCUT2D eigenvalue weighted by atomic mass is 10.1. The van der Waals surface area contributed by atoms with Crippen LogP contribution in [0.15, 0.2) is 12.1 Å². The molecule has 0 N–H and O–H groups in total. The van der Waals surface area contributed by atoms with E-state index in [2.05, 4.69) is 10.3 Å². The van der Waals surface area contributed by atoms with Crippen molar-refractivity contribution in [1.82, 2.24) is 15.0 Å². The van der Waals surface area contributed by atoms with E-state index in [1.54, 1.807) is 4.68 Å². The summed E-state index contributed by atoms with van der Waals surface area (Å²) in [6, 6.07) is 4.64. The number of rotatable bonds is 2. The van der Waals surface area contributed by atoms with Crippen molar-refractivity contribution in [2.75, 3.05) is 0 Å². The highest BCUT2D eigenvalue weighted by molar-refractivity contribution is 5.81. The molecule has 0 saturated heterocycles. The second kappa shape index (κ2) is 3.89. The third kappa shape index (κ3) is 1.63. The summed E-state index contributed by atoms with van der Waals surface area (Å²) in [4.78, 5) is 0. The van der Waals surface area contributed by atoms with E-state index in [0.717, 1.165) is 0 Å². The first kappa shape index (κ1) is 10.6. The van der Waals surface area contributed by atoms with Crippen LogP contribution in [0.4, 0.5) is 4.39 Å². The molecule has 1 aromatic heterocycles. The van der Waals surface area contributed by atoms with Crippen LogP contribution >= 0.6 is 0 Å². The van der Waals surface area contributed by atoms with Crippen molar-refractivity contribution in [2.45, 2.75) is 20.4 Å². The first-order valence-electron chi connectivity index (χ1n) is 5.05. The third-order valence-corrected chi connectivity index (χ3v) is 2.27. The Labute approximate surface area is 92.3 Å². The van der Waals surface area contributed by atoms with E-state index >= 15 is 0 Å². The number of nitrogens with zero attached hydrogens (tertiary/aromatic N) is 4. The summed E-state index contributed by atoms with van der Waals surface area (Å²) in [6.07, 6.45) is 0. The fourth-order valence-corrected chi connectivity index (χ4v) is 1.62. The second-order valence-electron chi connectivity index (χ2n) is 4.07. The van der Waals surface area contributed by atoms with Gasteiger partial charge in [0, 0.05) is 6.54 Å².